The van der Waals surface area contributed by atoms with Gasteiger partial charge in [0.05, 0.1) is 5.69 Å². The fourth-order valence-corrected chi connectivity index (χ4v) is 2.67. The quantitative estimate of drug-likeness (QED) is 0.773. The zero-order valence-electron chi connectivity index (χ0n) is 11.8. The summed E-state index contributed by atoms with van der Waals surface area (Å²) in [6.45, 7) is 5.16. The lowest BCUT2D eigenvalue weighted by Crippen LogP contribution is -2.36. The largest absolute Gasteiger partial charge is 0.387 e. The highest BCUT2D eigenvalue weighted by Crippen LogP contribution is 2.18. The predicted octanol–water partition coefficient (Wildman–Crippen LogP) is 0.742. The van der Waals surface area contributed by atoms with Crippen LogP contribution < -0.4 is 10.0 Å². The number of likely N-dealkylation sites (N-methyl/N-ethyl adjacent to an activating group) is 1. The van der Waals surface area contributed by atoms with Crippen LogP contribution in [0.25, 0.3) is 0 Å². The molecule has 0 aliphatic heterocycles. The number of nitrogens with one attached hydrogen (secondary N) is 2. The van der Waals surface area contributed by atoms with Crippen LogP contribution in [0.2, 0.25) is 0 Å². The van der Waals surface area contributed by atoms with Gasteiger partial charge in [0.1, 0.15) is 4.90 Å². The summed E-state index contributed by atoms with van der Waals surface area (Å²) < 4.78 is 26.9. The lowest BCUT2D eigenvalue weighted by atomic mass is 10.3. The maximum atomic E-state index is 12.2. The Morgan fingerprint density at radius 2 is 2.11 bits per heavy atom. The number of hydrogen-bond donors (Lipinski definition) is 2. The third-order valence-electron chi connectivity index (χ3n) is 2.98. The Kier molecular flexibility index (Phi) is 5.71. The Labute approximate surface area is 115 Å². The molecule has 108 valence electrons. The average molecular weight is 286 g/mol. The van der Waals surface area contributed by atoms with Crippen LogP contribution in [0.4, 0.5) is 5.69 Å². The van der Waals surface area contributed by atoms with Gasteiger partial charge in [0.15, 0.2) is 0 Å². The summed E-state index contributed by atoms with van der Waals surface area (Å²) in [5, 5.41) is 2.85. The van der Waals surface area contributed by atoms with E-state index in [0.717, 1.165) is 0 Å². The number of rotatable bonds is 7. The zero-order chi connectivity index (χ0) is 14.5. The predicted molar refractivity (Wildman–Crippen MR) is 76.7 cm³/mol. The Hall–Kier alpha value is -1.18. The molecule has 0 fully saturated rings. The van der Waals surface area contributed by atoms with Gasteiger partial charge in [0.25, 0.3) is 0 Å². The van der Waals surface area contributed by atoms with E-state index in [9.17, 15) is 8.42 Å². The van der Waals surface area contributed by atoms with Crippen LogP contribution in [0.3, 0.4) is 0 Å². The van der Waals surface area contributed by atoms with Crippen LogP contribution in [0.5, 0.6) is 0 Å². The van der Waals surface area contributed by atoms with Gasteiger partial charge in [0.2, 0.25) is 10.0 Å². The molecule has 0 spiro atoms. The molecule has 0 amide bonds. The van der Waals surface area contributed by atoms with Crippen molar-refractivity contribution in [2.45, 2.75) is 24.8 Å². The van der Waals surface area contributed by atoms with Gasteiger partial charge in [-0.2, -0.15) is 0 Å². The molecular weight excluding hydrogens is 264 g/mol. The van der Waals surface area contributed by atoms with Gasteiger partial charge in [-0.1, -0.05) is 0 Å². The van der Waals surface area contributed by atoms with Crippen molar-refractivity contribution in [3.63, 3.8) is 0 Å². The van der Waals surface area contributed by atoms with Crippen molar-refractivity contribution in [1.82, 2.24) is 14.6 Å². The van der Waals surface area contributed by atoms with E-state index in [0.29, 0.717) is 24.8 Å². The SMILES string of the molecule is CNc1ccncc1S(=O)(=O)NCCN(C)C(C)C. The molecule has 0 radical (unpaired) electrons. The summed E-state index contributed by atoms with van der Waals surface area (Å²) >= 11 is 0. The summed E-state index contributed by atoms with van der Waals surface area (Å²) in [6.07, 6.45) is 2.90. The number of anilines is 1. The maximum absolute atomic E-state index is 12.2. The molecule has 0 saturated heterocycles. The minimum atomic E-state index is -3.53. The first-order chi connectivity index (χ1) is 8.88. The normalized spacial score (nSPS) is 12.1. The van der Waals surface area contributed by atoms with Crippen molar-refractivity contribution in [2.24, 2.45) is 0 Å². The molecule has 0 aliphatic rings. The second-order valence-electron chi connectivity index (χ2n) is 4.59. The smallest absolute Gasteiger partial charge is 0.244 e. The number of aromatic nitrogens is 1. The lowest BCUT2D eigenvalue weighted by molar-refractivity contribution is 0.278. The van der Waals surface area contributed by atoms with Crippen LogP contribution in [-0.2, 0) is 10.0 Å². The minimum Gasteiger partial charge on any atom is -0.387 e. The molecule has 1 rings (SSSR count). The maximum Gasteiger partial charge on any atom is 0.244 e. The molecule has 1 heterocycles. The second-order valence-corrected chi connectivity index (χ2v) is 6.33. The van der Waals surface area contributed by atoms with E-state index in [1.807, 2.05) is 7.05 Å². The van der Waals surface area contributed by atoms with Crippen molar-refractivity contribution >= 4 is 15.7 Å². The molecule has 0 aromatic carbocycles. The Bertz CT molecular complexity index is 502. The molecule has 7 heteroatoms. The van der Waals surface area contributed by atoms with E-state index < -0.39 is 10.0 Å². The summed E-state index contributed by atoms with van der Waals surface area (Å²) in [5.74, 6) is 0. The van der Waals surface area contributed by atoms with Crippen molar-refractivity contribution in [2.75, 3.05) is 32.5 Å². The van der Waals surface area contributed by atoms with Crippen LogP contribution >= 0.6 is 0 Å². The Morgan fingerprint density at radius 3 is 2.68 bits per heavy atom. The van der Waals surface area contributed by atoms with Gasteiger partial charge in [0, 0.05) is 38.6 Å². The average Bonchev–Trinajstić information content (AvgIpc) is 2.38. The van der Waals surface area contributed by atoms with Crippen molar-refractivity contribution in [3.8, 4) is 0 Å². The highest BCUT2D eigenvalue weighted by atomic mass is 32.2. The number of nitrogens with zero attached hydrogens (tertiary/aromatic N) is 2. The first-order valence-corrected chi connectivity index (χ1v) is 7.68. The van der Waals surface area contributed by atoms with E-state index in [4.69, 9.17) is 0 Å². The van der Waals surface area contributed by atoms with E-state index in [2.05, 4.69) is 33.8 Å². The van der Waals surface area contributed by atoms with Crippen LogP contribution in [0.15, 0.2) is 23.4 Å². The second kappa shape index (κ2) is 6.83. The van der Waals surface area contributed by atoms with Crippen molar-refractivity contribution < 1.29 is 8.42 Å². The summed E-state index contributed by atoms with van der Waals surface area (Å²) in [7, 11) is 0.116. The van der Waals surface area contributed by atoms with Gasteiger partial charge in [-0.05, 0) is 27.0 Å². The third-order valence-corrected chi connectivity index (χ3v) is 4.47. The van der Waals surface area contributed by atoms with Crippen molar-refractivity contribution in [1.29, 1.82) is 0 Å². The Balaban J connectivity index is 2.71. The van der Waals surface area contributed by atoms with Crippen LogP contribution in [0, 0.1) is 0 Å². The number of hydrogen-bond acceptors (Lipinski definition) is 5. The molecule has 19 heavy (non-hydrogen) atoms. The molecule has 2 N–H and O–H groups in total. The van der Waals surface area contributed by atoms with Crippen LogP contribution in [0.1, 0.15) is 13.8 Å². The van der Waals surface area contributed by atoms with Gasteiger partial charge >= 0.3 is 0 Å². The molecule has 1 aromatic heterocycles. The molecule has 1 aromatic rings. The molecule has 0 unspecified atom stereocenters. The highest BCUT2D eigenvalue weighted by Gasteiger charge is 2.18. The number of sulfonamides is 1. The third kappa shape index (κ3) is 4.45. The van der Waals surface area contributed by atoms with Gasteiger partial charge in [-0.25, -0.2) is 13.1 Å². The fourth-order valence-electron chi connectivity index (χ4n) is 1.49. The molecule has 0 atom stereocenters. The van der Waals surface area contributed by atoms with Crippen LogP contribution in [-0.4, -0.2) is 51.5 Å². The van der Waals surface area contributed by atoms with Crippen molar-refractivity contribution in [3.05, 3.63) is 18.5 Å². The minimum absolute atomic E-state index is 0.171. The summed E-state index contributed by atoms with van der Waals surface area (Å²) in [5.41, 5.74) is 0.541. The molecular formula is C12H22N4O2S. The van der Waals surface area contributed by atoms with E-state index in [1.165, 1.54) is 6.20 Å². The monoisotopic (exact) mass is 286 g/mol. The standard InChI is InChI=1S/C12H22N4O2S/c1-10(2)16(4)8-7-15-19(17,18)12-9-14-6-5-11(12)13-3/h5-6,9-10,15H,7-8H2,1-4H3,(H,13,14). The first-order valence-electron chi connectivity index (χ1n) is 6.20. The lowest BCUT2D eigenvalue weighted by Gasteiger charge is -2.21. The van der Waals surface area contributed by atoms with E-state index >= 15 is 0 Å². The molecule has 0 aliphatic carbocycles. The van der Waals surface area contributed by atoms with E-state index in [1.54, 1.807) is 19.3 Å². The van der Waals surface area contributed by atoms with Gasteiger partial charge < -0.3 is 10.2 Å². The van der Waals surface area contributed by atoms with Gasteiger partial charge in [-0.15, -0.1) is 0 Å². The topological polar surface area (TPSA) is 74.3 Å². The van der Waals surface area contributed by atoms with Gasteiger partial charge in [-0.3, -0.25) is 4.98 Å². The Morgan fingerprint density at radius 1 is 1.42 bits per heavy atom. The zero-order valence-corrected chi connectivity index (χ0v) is 12.7. The fraction of sp³-hybridized carbons (Fsp3) is 0.583. The number of pyridine rings is 1. The van der Waals surface area contributed by atoms with E-state index in [-0.39, 0.29) is 4.90 Å². The molecule has 0 saturated carbocycles. The summed E-state index contributed by atoms with van der Waals surface area (Å²) in [4.78, 5) is 6.11. The molecule has 6 nitrogen and oxygen atoms in total. The first kappa shape index (κ1) is 15.9. The highest BCUT2D eigenvalue weighted by molar-refractivity contribution is 7.89. The summed E-state index contributed by atoms with van der Waals surface area (Å²) in [6, 6.07) is 2.02. The molecule has 0 bridgehead atoms.